The molecule has 2 nitrogen and oxygen atoms in total. The van der Waals surface area contributed by atoms with Gasteiger partial charge in [0.1, 0.15) is 5.75 Å². The summed E-state index contributed by atoms with van der Waals surface area (Å²) < 4.78 is 5.84. The topological polar surface area (TPSA) is 12.5 Å². The highest BCUT2D eigenvalue weighted by Crippen LogP contribution is 2.40. The molecule has 0 unspecified atom stereocenters. The molecule has 0 spiro atoms. The molecule has 19 heavy (non-hydrogen) atoms. The molecule has 2 rings (SSSR count). The third-order valence-corrected chi connectivity index (χ3v) is 4.55. The predicted molar refractivity (Wildman–Crippen MR) is 80.8 cm³/mol. The summed E-state index contributed by atoms with van der Waals surface area (Å²) in [5, 5.41) is 0. The van der Waals surface area contributed by atoms with E-state index in [-0.39, 0.29) is 11.5 Å². The summed E-state index contributed by atoms with van der Waals surface area (Å²) in [7, 11) is 2.22. The number of rotatable bonds is 3. The highest BCUT2D eigenvalue weighted by atomic mass is 16.5. The average molecular weight is 261 g/mol. The van der Waals surface area contributed by atoms with Gasteiger partial charge < -0.3 is 9.64 Å². The minimum absolute atomic E-state index is 0.234. The summed E-state index contributed by atoms with van der Waals surface area (Å²) in [6.45, 7) is 11.3. The van der Waals surface area contributed by atoms with Crippen LogP contribution in [0.3, 0.4) is 0 Å². The van der Waals surface area contributed by atoms with E-state index in [4.69, 9.17) is 4.74 Å². The van der Waals surface area contributed by atoms with Crippen LogP contribution in [0.15, 0.2) is 24.3 Å². The maximum Gasteiger partial charge on any atom is 0.119 e. The maximum atomic E-state index is 5.84. The van der Waals surface area contributed by atoms with Crippen LogP contribution in [-0.4, -0.2) is 31.1 Å². The summed E-state index contributed by atoms with van der Waals surface area (Å²) in [5.41, 5.74) is 1.69. The Morgan fingerprint density at radius 1 is 1.37 bits per heavy atom. The van der Waals surface area contributed by atoms with Gasteiger partial charge in [0.2, 0.25) is 0 Å². The lowest BCUT2D eigenvalue weighted by Gasteiger charge is -2.44. The lowest BCUT2D eigenvalue weighted by atomic mass is 9.68. The van der Waals surface area contributed by atoms with E-state index < -0.39 is 0 Å². The van der Waals surface area contributed by atoms with E-state index in [1.54, 1.807) is 0 Å². The smallest absolute Gasteiger partial charge is 0.119 e. The van der Waals surface area contributed by atoms with Gasteiger partial charge in [0.05, 0.1) is 6.10 Å². The van der Waals surface area contributed by atoms with Crippen molar-refractivity contribution in [3.05, 3.63) is 29.8 Å². The van der Waals surface area contributed by atoms with E-state index in [0.29, 0.717) is 5.92 Å². The second-order valence-electron chi connectivity index (χ2n) is 6.53. The SMILES string of the molecule is CC(C)Oc1cccc([C@@]2(C)CCN(C)C[C@H]2C)c1. The first-order chi connectivity index (χ1) is 8.91. The first kappa shape index (κ1) is 14.4. The van der Waals surface area contributed by atoms with Gasteiger partial charge in [-0.15, -0.1) is 0 Å². The van der Waals surface area contributed by atoms with Crippen LogP contribution in [0.5, 0.6) is 5.75 Å². The molecule has 0 saturated carbocycles. The summed E-state index contributed by atoms with van der Waals surface area (Å²) in [4.78, 5) is 2.43. The molecule has 106 valence electrons. The fraction of sp³-hybridized carbons (Fsp3) is 0.647. The molecular formula is C17H27NO. The highest BCUT2D eigenvalue weighted by molar-refractivity contribution is 5.34. The molecule has 0 N–H and O–H groups in total. The van der Waals surface area contributed by atoms with Crippen molar-refractivity contribution in [3.63, 3.8) is 0 Å². The second kappa shape index (κ2) is 5.54. The molecule has 2 atom stereocenters. The Bertz CT molecular complexity index is 429. The molecule has 1 heterocycles. The summed E-state index contributed by atoms with van der Waals surface area (Å²) >= 11 is 0. The normalized spacial score (nSPS) is 28.6. The molecule has 0 amide bonds. The molecule has 1 aromatic carbocycles. The van der Waals surface area contributed by atoms with E-state index in [1.807, 2.05) is 0 Å². The van der Waals surface area contributed by atoms with E-state index >= 15 is 0 Å². The molecule has 1 saturated heterocycles. The van der Waals surface area contributed by atoms with Crippen molar-refractivity contribution in [1.29, 1.82) is 0 Å². The second-order valence-corrected chi connectivity index (χ2v) is 6.53. The van der Waals surface area contributed by atoms with Gasteiger partial charge in [-0.3, -0.25) is 0 Å². The molecule has 0 radical (unpaired) electrons. The first-order valence-electron chi connectivity index (χ1n) is 7.37. The van der Waals surface area contributed by atoms with Gasteiger partial charge >= 0.3 is 0 Å². The Morgan fingerprint density at radius 3 is 2.74 bits per heavy atom. The molecule has 0 aromatic heterocycles. The highest BCUT2D eigenvalue weighted by Gasteiger charge is 2.37. The standard InChI is InChI=1S/C17H27NO/c1-13(2)19-16-8-6-7-15(11-16)17(4)9-10-18(5)12-14(17)3/h6-8,11,13-14H,9-10,12H2,1-5H3/t14-,17+/m1/s1. The predicted octanol–water partition coefficient (Wildman–Crippen LogP) is 3.70. The fourth-order valence-corrected chi connectivity index (χ4v) is 3.06. The van der Waals surface area contributed by atoms with Gasteiger partial charge in [-0.2, -0.15) is 0 Å². The zero-order valence-corrected chi connectivity index (χ0v) is 12.9. The molecule has 1 fully saturated rings. The largest absolute Gasteiger partial charge is 0.491 e. The lowest BCUT2D eigenvalue weighted by molar-refractivity contribution is 0.133. The zero-order chi connectivity index (χ0) is 14.0. The minimum Gasteiger partial charge on any atom is -0.491 e. The first-order valence-corrected chi connectivity index (χ1v) is 7.37. The van der Waals surface area contributed by atoms with Crippen LogP contribution in [0.1, 0.15) is 39.7 Å². The van der Waals surface area contributed by atoms with Crippen molar-refractivity contribution >= 4 is 0 Å². The van der Waals surface area contributed by atoms with Gasteiger partial charge in [-0.25, -0.2) is 0 Å². The van der Waals surface area contributed by atoms with E-state index in [2.05, 4.69) is 63.9 Å². The summed E-state index contributed by atoms with van der Waals surface area (Å²) in [5.74, 6) is 1.67. The van der Waals surface area contributed by atoms with Crippen LogP contribution >= 0.6 is 0 Å². The van der Waals surface area contributed by atoms with Gasteiger partial charge in [-0.05, 0) is 62.9 Å². The molecule has 1 aliphatic heterocycles. The van der Waals surface area contributed by atoms with Gasteiger partial charge in [0, 0.05) is 6.54 Å². The summed E-state index contributed by atoms with van der Waals surface area (Å²) in [6, 6.07) is 8.69. The molecule has 2 heteroatoms. The Morgan fingerprint density at radius 2 is 2.11 bits per heavy atom. The van der Waals surface area contributed by atoms with Crippen LogP contribution in [0.25, 0.3) is 0 Å². The van der Waals surface area contributed by atoms with E-state index in [1.165, 1.54) is 25.1 Å². The van der Waals surface area contributed by atoms with Crippen LogP contribution in [0, 0.1) is 5.92 Å². The number of likely N-dealkylation sites (tertiary alicyclic amines) is 1. The van der Waals surface area contributed by atoms with Crippen molar-refractivity contribution in [1.82, 2.24) is 4.90 Å². The monoisotopic (exact) mass is 261 g/mol. The van der Waals surface area contributed by atoms with Crippen molar-refractivity contribution < 1.29 is 4.74 Å². The fourth-order valence-electron chi connectivity index (χ4n) is 3.06. The molecule has 1 aromatic rings. The Balaban J connectivity index is 2.25. The van der Waals surface area contributed by atoms with E-state index in [9.17, 15) is 0 Å². The number of hydrogen-bond acceptors (Lipinski definition) is 2. The Hall–Kier alpha value is -1.02. The van der Waals surface area contributed by atoms with Crippen LogP contribution in [0.4, 0.5) is 0 Å². The zero-order valence-electron chi connectivity index (χ0n) is 12.9. The third kappa shape index (κ3) is 3.11. The van der Waals surface area contributed by atoms with Crippen LogP contribution in [0.2, 0.25) is 0 Å². The number of piperidine rings is 1. The van der Waals surface area contributed by atoms with Crippen LogP contribution in [-0.2, 0) is 5.41 Å². The van der Waals surface area contributed by atoms with Crippen LogP contribution < -0.4 is 4.74 Å². The molecule has 0 aliphatic carbocycles. The number of ether oxygens (including phenoxy) is 1. The van der Waals surface area contributed by atoms with Crippen molar-refractivity contribution in [2.45, 2.75) is 45.6 Å². The Labute approximate surface area is 117 Å². The van der Waals surface area contributed by atoms with E-state index in [0.717, 1.165) is 5.75 Å². The quantitative estimate of drug-likeness (QED) is 0.822. The third-order valence-electron chi connectivity index (χ3n) is 4.55. The average Bonchev–Trinajstić information content (AvgIpc) is 2.34. The number of nitrogens with zero attached hydrogens (tertiary/aromatic N) is 1. The van der Waals surface area contributed by atoms with Crippen molar-refractivity contribution in [2.75, 3.05) is 20.1 Å². The molecule has 0 bridgehead atoms. The number of hydrogen-bond donors (Lipinski definition) is 0. The molecule has 1 aliphatic rings. The summed E-state index contributed by atoms with van der Waals surface area (Å²) in [6.07, 6.45) is 1.45. The number of benzene rings is 1. The van der Waals surface area contributed by atoms with Gasteiger partial charge in [0.25, 0.3) is 0 Å². The Kier molecular flexibility index (Phi) is 4.19. The van der Waals surface area contributed by atoms with Gasteiger partial charge in [0.15, 0.2) is 0 Å². The molecular weight excluding hydrogens is 234 g/mol. The minimum atomic E-state index is 0.234. The lowest BCUT2D eigenvalue weighted by Crippen LogP contribution is -2.45. The van der Waals surface area contributed by atoms with Crippen molar-refractivity contribution in [3.8, 4) is 5.75 Å². The van der Waals surface area contributed by atoms with Crippen molar-refractivity contribution in [2.24, 2.45) is 5.92 Å². The van der Waals surface area contributed by atoms with Gasteiger partial charge in [-0.1, -0.05) is 26.0 Å². The maximum absolute atomic E-state index is 5.84.